The highest BCUT2D eigenvalue weighted by atomic mass is 16.7. The second-order valence-corrected chi connectivity index (χ2v) is 22.4. The first-order valence-electron chi connectivity index (χ1n) is 30.9. The summed E-state index contributed by atoms with van der Waals surface area (Å²) in [4.78, 5) is 37.4. The van der Waals surface area contributed by atoms with Crippen molar-refractivity contribution in [1.82, 2.24) is 0 Å². The van der Waals surface area contributed by atoms with Gasteiger partial charge in [-0.3, -0.25) is 9.59 Å². The molecule has 0 aromatic carbocycles. The first-order chi connectivity index (χ1) is 34.6. The van der Waals surface area contributed by atoms with Gasteiger partial charge < -0.3 is 28.5 Å². The molecular formula is C62H120NO8+. The molecule has 9 nitrogen and oxygen atoms in total. The van der Waals surface area contributed by atoms with Crippen LogP contribution in [0.2, 0.25) is 0 Å². The van der Waals surface area contributed by atoms with E-state index in [-0.39, 0.29) is 38.2 Å². The average molecular weight is 1010 g/mol. The molecule has 0 amide bonds. The molecular weight excluding hydrogens is 887 g/mol. The van der Waals surface area contributed by atoms with Crippen LogP contribution in [-0.4, -0.2) is 87.4 Å². The standard InChI is InChI=1S/C62H119NO8/c1-6-8-10-12-14-16-18-20-22-24-25-26-27-28-29-30-31-32-33-34-35-37-39-41-43-45-47-49-51-53-60(65)71-58(57-70-62(61(66)67)68-55-54-63(3,4)5)56-69-59(64)52-50-48-46-44-42-40-38-36-23-21-19-17-15-13-11-9-7-2/h24-25,58,62H,6-23,26-57H2,1-5H3/p+1/b25-24-. The molecule has 0 aromatic rings. The van der Waals surface area contributed by atoms with Crippen LogP contribution in [0.15, 0.2) is 12.2 Å². The molecule has 1 N–H and O–H groups in total. The third kappa shape index (κ3) is 55.6. The van der Waals surface area contributed by atoms with Gasteiger partial charge in [-0.05, 0) is 38.5 Å². The lowest BCUT2D eigenvalue weighted by atomic mass is 10.0. The number of carboxylic acids is 1. The van der Waals surface area contributed by atoms with E-state index in [1.54, 1.807) is 0 Å². The number of hydrogen-bond donors (Lipinski definition) is 1. The van der Waals surface area contributed by atoms with Crippen molar-refractivity contribution < 1.29 is 42.9 Å². The highest BCUT2D eigenvalue weighted by Crippen LogP contribution is 2.18. The first kappa shape index (κ1) is 69.0. The number of hydrogen-bond acceptors (Lipinski definition) is 7. The fourth-order valence-corrected chi connectivity index (χ4v) is 9.25. The lowest BCUT2D eigenvalue weighted by Crippen LogP contribution is -2.40. The van der Waals surface area contributed by atoms with Crippen molar-refractivity contribution in [3.05, 3.63) is 12.2 Å². The SMILES string of the molecule is CCCCCCCCCC/C=C\CCCCCCCCCCCCCCCCCCCC(=O)OC(COC(=O)CCCCCCCCCCCCCCCCCCC)COC(OCC[N+](C)(C)C)C(=O)O. The van der Waals surface area contributed by atoms with Crippen LogP contribution in [0.5, 0.6) is 0 Å². The molecule has 0 aliphatic carbocycles. The number of esters is 2. The molecule has 0 bridgehead atoms. The van der Waals surface area contributed by atoms with E-state index in [1.807, 2.05) is 21.1 Å². The zero-order valence-corrected chi connectivity index (χ0v) is 47.9. The number of aliphatic carboxylic acids is 1. The molecule has 0 rings (SSSR count). The lowest BCUT2D eigenvalue weighted by Gasteiger charge is -2.25. The Morgan fingerprint density at radius 2 is 0.718 bits per heavy atom. The van der Waals surface area contributed by atoms with Crippen LogP contribution in [0.3, 0.4) is 0 Å². The molecule has 0 fully saturated rings. The lowest BCUT2D eigenvalue weighted by molar-refractivity contribution is -0.870. The Hall–Kier alpha value is -1.97. The molecule has 9 heteroatoms. The summed E-state index contributed by atoms with van der Waals surface area (Å²) in [7, 11) is 5.98. The topological polar surface area (TPSA) is 108 Å². The third-order valence-corrected chi connectivity index (χ3v) is 14.0. The molecule has 0 saturated heterocycles. The second-order valence-electron chi connectivity index (χ2n) is 22.4. The van der Waals surface area contributed by atoms with Gasteiger partial charge in [-0.25, -0.2) is 4.79 Å². The van der Waals surface area contributed by atoms with E-state index in [2.05, 4.69) is 26.0 Å². The van der Waals surface area contributed by atoms with E-state index in [9.17, 15) is 19.5 Å². The molecule has 2 atom stereocenters. The molecule has 2 unspecified atom stereocenters. The van der Waals surface area contributed by atoms with Gasteiger partial charge in [0.15, 0.2) is 6.10 Å². The number of quaternary nitrogens is 1. The number of allylic oxidation sites excluding steroid dienone is 2. The van der Waals surface area contributed by atoms with Crippen LogP contribution < -0.4 is 0 Å². The largest absolute Gasteiger partial charge is 0.477 e. The van der Waals surface area contributed by atoms with Gasteiger partial charge in [0.1, 0.15) is 13.2 Å². The molecule has 0 spiro atoms. The molecule has 71 heavy (non-hydrogen) atoms. The third-order valence-electron chi connectivity index (χ3n) is 14.0. The van der Waals surface area contributed by atoms with Gasteiger partial charge in [0.05, 0.1) is 34.4 Å². The van der Waals surface area contributed by atoms with E-state index < -0.39 is 18.4 Å². The van der Waals surface area contributed by atoms with Crippen LogP contribution in [0.1, 0.15) is 309 Å². The Morgan fingerprint density at radius 3 is 1.04 bits per heavy atom. The van der Waals surface area contributed by atoms with Crippen LogP contribution in [0.4, 0.5) is 0 Å². The quantitative estimate of drug-likeness (QED) is 0.0211. The van der Waals surface area contributed by atoms with Crippen LogP contribution in [-0.2, 0) is 33.3 Å². The molecule has 420 valence electrons. The Morgan fingerprint density at radius 1 is 0.408 bits per heavy atom. The Kier molecular flexibility index (Phi) is 52.8. The van der Waals surface area contributed by atoms with Crippen LogP contribution in [0.25, 0.3) is 0 Å². The maximum absolute atomic E-state index is 12.9. The Bertz CT molecular complexity index is 1170. The van der Waals surface area contributed by atoms with Crippen molar-refractivity contribution in [2.75, 3.05) is 47.5 Å². The zero-order valence-electron chi connectivity index (χ0n) is 47.9. The first-order valence-corrected chi connectivity index (χ1v) is 30.9. The number of carbonyl (C=O) groups is 3. The summed E-state index contributed by atoms with van der Waals surface area (Å²) < 4.78 is 22.9. The number of ether oxygens (including phenoxy) is 4. The molecule has 0 saturated carbocycles. The fraction of sp³-hybridized carbons (Fsp3) is 0.919. The minimum Gasteiger partial charge on any atom is -0.477 e. The molecule has 0 aliphatic rings. The number of rotatable bonds is 58. The smallest absolute Gasteiger partial charge is 0.361 e. The van der Waals surface area contributed by atoms with Crippen LogP contribution >= 0.6 is 0 Å². The number of nitrogens with zero attached hydrogens (tertiary/aromatic N) is 1. The van der Waals surface area contributed by atoms with Crippen molar-refractivity contribution in [2.24, 2.45) is 0 Å². The zero-order chi connectivity index (χ0) is 52.0. The summed E-state index contributed by atoms with van der Waals surface area (Å²) in [5.41, 5.74) is 0. The number of unbranched alkanes of at least 4 members (excludes halogenated alkanes) is 41. The van der Waals surface area contributed by atoms with E-state index in [4.69, 9.17) is 18.9 Å². The molecule has 0 aliphatic heterocycles. The van der Waals surface area contributed by atoms with Gasteiger partial charge >= 0.3 is 17.9 Å². The van der Waals surface area contributed by atoms with E-state index in [1.165, 1.54) is 244 Å². The van der Waals surface area contributed by atoms with Crippen molar-refractivity contribution in [1.29, 1.82) is 0 Å². The predicted molar refractivity (Wildman–Crippen MR) is 300 cm³/mol. The maximum Gasteiger partial charge on any atom is 0.361 e. The van der Waals surface area contributed by atoms with Gasteiger partial charge in [0.25, 0.3) is 6.29 Å². The normalized spacial score (nSPS) is 12.7. The van der Waals surface area contributed by atoms with E-state index >= 15 is 0 Å². The number of carbonyl (C=O) groups excluding carboxylic acids is 2. The van der Waals surface area contributed by atoms with Gasteiger partial charge in [0.2, 0.25) is 0 Å². The number of likely N-dealkylation sites (N-methyl/N-ethyl adjacent to an activating group) is 1. The summed E-state index contributed by atoms with van der Waals surface area (Å²) in [5, 5.41) is 9.71. The number of carboxylic acid groups (broad SMARTS) is 1. The Balaban J connectivity index is 4.11. The summed E-state index contributed by atoms with van der Waals surface area (Å²) in [6.45, 7) is 4.94. The highest BCUT2D eigenvalue weighted by molar-refractivity contribution is 5.71. The maximum atomic E-state index is 12.9. The summed E-state index contributed by atoms with van der Waals surface area (Å²) in [5.74, 6) is -1.98. The average Bonchev–Trinajstić information content (AvgIpc) is 3.34. The Labute approximate surface area is 440 Å². The minimum absolute atomic E-state index is 0.174. The van der Waals surface area contributed by atoms with Gasteiger partial charge in [-0.1, -0.05) is 270 Å². The summed E-state index contributed by atoms with van der Waals surface area (Å²) in [6, 6.07) is 0. The van der Waals surface area contributed by atoms with Gasteiger partial charge in [-0.2, -0.15) is 0 Å². The van der Waals surface area contributed by atoms with Gasteiger partial charge in [0, 0.05) is 12.8 Å². The summed E-state index contributed by atoms with van der Waals surface area (Å²) >= 11 is 0. The molecule has 0 heterocycles. The fourth-order valence-electron chi connectivity index (χ4n) is 9.25. The molecule has 0 aromatic heterocycles. The van der Waals surface area contributed by atoms with Crippen molar-refractivity contribution in [2.45, 2.75) is 322 Å². The van der Waals surface area contributed by atoms with Crippen molar-refractivity contribution in [3.8, 4) is 0 Å². The predicted octanol–water partition coefficient (Wildman–Crippen LogP) is 18.1. The minimum atomic E-state index is -1.50. The summed E-state index contributed by atoms with van der Waals surface area (Å²) in [6.07, 6.45) is 60.2. The van der Waals surface area contributed by atoms with Crippen molar-refractivity contribution >= 4 is 17.9 Å². The second kappa shape index (κ2) is 54.3. The van der Waals surface area contributed by atoms with Crippen LogP contribution in [0, 0.1) is 0 Å². The van der Waals surface area contributed by atoms with E-state index in [0.29, 0.717) is 17.4 Å². The van der Waals surface area contributed by atoms with Crippen molar-refractivity contribution in [3.63, 3.8) is 0 Å². The van der Waals surface area contributed by atoms with E-state index in [0.717, 1.165) is 38.5 Å². The highest BCUT2D eigenvalue weighted by Gasteiger charge is 2.25. The molecule has 0 radical (unpaired) electrons. The van der Waals surface area contributed by atoms with Gasteiger partial charge in [-0.15, -0.1) is 0 Å². The monoisotopic (exact) mass is 1010 g/mol.